The molecule has 20 heavy (non-hydrogen) atoms. The Hall–Kier alpha value is -1.59. The van der Waals surface area contributed by atoms with Crippen molar-refractivity contribution < 1.29 is 9.15 Å². The van der Waals surface area contributed by atoms with E-state index in [0.717, 1.165) is 0 Å². The molecule has 1 aliphatic rings. The Morgan fingerprint density at radius 3 is 3.05 bits per heavy atom. The van der Waals surface area contributed by atoms with E-state index in [4.69, 9.17) is 20.8 Å². The molecular weight excluding hydrogens is 278 g/mol. The minimum atomic E-state index is -0.310. The van der Waals surface area contributed by atoms with E-state index in [9.17, 15) is 0 Å². The van der Waals surface area contributed by atoms with E-state index in [-0.39, 0.29) is 6.10 Å². The maximum atomic E-state index is 5.92. The van der Waals surface area contributed by atoms with Crippen LogP contribution in [0.4, 0.5) is 0 Å². The van der Waals surface area contributed by atoms with Crippen LogP contribution in [0.3, 0.4) is 0 Å². The molecule has 0 spiro atoms. The van der Waals surface area contributed by atoms with E-state index in [1.807, 2.05) is 19.1 Å². The molecule has 1 aliphatic carbocycles. The molecule has 0 bridgehead atoms. The Balaban J connectivity index is 1.59. The lowest BCUT2D eigenvalue weighted by Crippen LogP contribution is -2.15. The van der Waals surface area contributed by atoms with Crippen LogP contribution >= 0.6 is 11.6 Å². The quantitative estimate of drug-likeness (QED) is 0.887. The number of benzene rings is 1. The molecule has 1 fully saturated rings. The van der Waals surface area contributed by atoms with Crippen LogP contribution < -0.4 is 10.1 Å². The van der Waals surface area contributed by atoms with Gasteiger partial charge in [-0.2, -0.15) is 0 Å². The Kier molecular flexibility index (Phi) is 3.89. The Morgan fingerprint density at radius 2 is 2.30 bits per heavy atom. The van der Waals surface area contributed by atoms with E-state index in [2.05, 4.69) is 15.5 Å². The highest BCUT2D eigenvalue weighted by atomic mass is 35.5. The predicted octanol–water partition coefficient (Wildman–Crippen LogP) is 3.12. The maximum Gasteiger partial charge on any atom is 0.256 e. The van der Waals surface area contributed by atoms with E-state index in [1.165, 1.54) is 12.8 Å². The Bertz CT molecular complexity index is 583. The number of aromatic nitrogens is 2. The molecule has 1 unspecified atom stereocenters. The van der Waals surface area contributed by atoms with Crippen LogP contribution in [0.5, 0.6) is 5.75 Å². The minimum absolute atomic E-state index is 0.310. The first-order chi connectivity index (χ1) is 9.70. The summed E-state index contributed by atoms with van der Waals surface area (Å²) in [6, 6.07) is 7.85. The van der Waals surface area contributed by atoms with Crippen molar-refractivity contribution in [3.05, 3.63) is 41.1 Å². The highest BCUT2D eigenvalue weighted by molar-refractivity contribution is 6.30. The van der Waals surface area contributed by atoms with Crippen LogP contribution in [0.15, 0.2) is 28.7 Å². The van der Waals surface area contributed by atoms with Crippen LogP contribution in [-0.4, -0.2) is 16.2 Å². The van der Waals surface area contributed by atoms with Gasteiger partial charge in [0.2, 0.25) is 5.89 Å². The summed E-state index contributed by atoms with van der Waals surface area (Å²) in [5, 5.41) is 12.0. The number of hydrogen-bond acceptors (Lipinski definition) is 5. The summed E-state index contributed by atoms with van der Waals surface area (Å²) in [5.74, 6) is 1.74. The standard InChI is InChI=1S/C14H16ClN3O2/c1-9(19-12-4-2-3-10(15)7-12)14-18-17-13(20-14)8-16-11-5-6-11/h2-4,7,9,11,16H,5-6,8H2,1H3. The largest absolute Gasteiger partial charge is 0.481 e. The predicted molar refractivity (Wildman–Crippen MR) is 74.7 cm³/mol. The van der Waals surface area contributed by atoms with Gasteiger partial charge in [-0.15, -0.1) is 10.2 Å². The van der Waals surface area contributed by atoms with Gasteiger partial charge in [0.25, 0.3) is 5.89 Å². The first-order valence-corrected chi connectivity index (χ1v) is 7.06. The van der Waals surface area contributed by atoms with Crippen LogP contribution in [0.25, 0.3) is 0 Å². The maximum absolute atomic E-state index is 5.92. The summed E-state index contributed by atoms with van der Waals surface area (Å²) < 4.78 is 11.3. The molecule has 0 radical (unpaired) electrons. The van der Waals surface area contributed by atoms with Crippen molar-refractivity contribution in [1.82, 2.24) is 15.5 Å². The fourth-order valence-corrected chi connectivity index (χ4v) is 2.00. The highest BCUT2D eigenvalue weighted by Gasteiger charge is 2.22. The summed E-state index contributed by atoms with van der Waals surface area (Å²) in [5.41, 5.74) is 0. The first-order valence-electron chi connectivity index (χ1n) is 6.68. The fourth-order valence-electron chi connectivity index (χ4n) is 1.82. The number of rotatable bonds is 6. The van der Waals surface area contributed by atoms with E-state index >= 15 is 0 Å². The van der Waals surface area contributed by atoms with Gasteiger partial charge in [0, 0.05) is 11.1 Å². The van der Waals surface area contributed by atoms with Crippen LogP contribution in [-0.2, 0) is 6.54 Å². The summed E-state index contributed by atoms with van der Waals surface area (Å²) >= 11 is 5.92. The fraction of sp³-hybridized carbons (Fsp3) is 0.429. The van der Waals surface area contributed by atoms with Gasteiger partial charge in [-0.25, -0.2) is 0 Å². The smallest absolute Gasteiger partial charge is 0.256 e. The second kappa shape index (κ2) is 5.81. The zero-order chi connectivity index (χ0) is 13.9. The number of hydrogen-bond donors (Lipinski definition) is 1. The summed E-state index contributed by atoms with van der Waals surface area (Å²) in [4.78, 5) is 0. The molecular formula is C14H16ClN3O2. The lowest BCUT2D eigenvalue weighted by atomic mass is 10.3. The van der Waals surface area contributed by atoms with Gasteiger partial charge in [0.1, 0.15) is 5.75 Å². The molecule has 1 atom stereocenters. The lowest BCUT2D eigenvalue weighted by molar-refractivity contribution is 0.185. The Labute approximate surface area is 122 Å². The number of nitrogens with one attached hydrogen (secondary N) is 1. The van der Waals surface area contributed by atoms with Gasteiger partial charge in [-0.05, 0) is 38.0 Å². The molecule has 1 N–H and O–H groups in total. The molecule has 0 aliphatic heterocycles. The molecule has 0 amide bonds. The molecule has 2 aromatic rings. The first kappa shape index (κ1) is 13.4. The second-order valence-electron chi connectivity index (χ2n) is 4.91. The van der Waals surface area contributed by atoms with E-state index in [0.29, 0.717) is 35.1 Å². The number of ether oxygens (including phenoxy) is 1. The van der Waals surface area contributed by atoms with Gasteiger partial charge in [-0.1, -0.05) is 17.7 Å². The van der Waals surface area contributed by atoms with Crippen LogP contribution in [0.1, 0.15) is 37.7 Å². The average molecular weight is 294 g/mol. The molecule has 1 aromatic carbocycles. The summed E-state index contributed by atoms with van der Waals surface area (Å²) in [6.45, 7) is 2.48. The molecule has 0 saturated heterocycles. The van der Waals surface area contributed by atoms with Crippen molar-refractivity contribution >= 4 is 11.6 Å². The normalized spacial score (nSPS) is 16.1. The van der Waals surface area contributed by atoms with Crippen LogP contribution in [0.2, 0.25) is 5.02 Å². The third kappa shape index (κ3) is 3.49. The van der Waals surface area contributed by atoms with Gasteiger partial charge in [0.15, 0.2) is 6.10 Å². The van der Waals surface area contributed by atoms with Gasteiger partial charge < -0.3 is 14.5 Å². The SMILES string of the molecule is CC(Oc1cccc(Cl)c1)c1nnc(CNC2CC2)o1. The molecule has 1 saturated carbocycles. The van der Waals surface area contributed by atoms with Gasteiger partial charge in [0.05, 0.1) is 6.54 Å². The second-order valence-corrected chi connectivity index (χ2v) is 5.34. The topological polar surface area (TPSA) is 60.2 Å². The summed E-state index contributed by atoms with van der Waals surface area (Å²) in [6.07, 6.45) is 2.15. The monoisotopic (exact) mass is 293 g/mol. The van der Waals surface area contributed by atoms with Crippen molar-refractivity contribution in [2.24, 2.45) is 0 Å². The van der Waals surface area contributed by atoms with Crippen molar-refractivity contribution in [2.45, 2.75) is 38.5 Å². The van der Waals surface area contributed by atoms with Crippen LogP contribution in [0, 0.1) is 0 Å². The van der Waals surface area contributed by atoms with E-state index < -0.39 is 0 Å². The molecule has 106 valence electrons. The van der Waals surface area contributed by atoms with Gasteiger partial charge in [-0.3, -0.25) is 0 Å². The van der Waals surface area contributed by atoms with Crippen molar-refractivity contribution in [2.75, 3.05) is 0 Å². The average Bonchev–Trinajstić information content (AvgIpc) is 3.13. The van der Waals surface area contributed by atoms with Crippen molar-refractivity contribution in [1.29, 1.82) is 0 Å². The molecule has 1 aromatic heterocycles. The lowest BCUT2D eigenvalue weighted by Gasteiger charge is -2.10. The third-order valence-electron chi connectivity index (χ3n) is 3.06. The highest BCUT2D eigenvalue weighted by Crippen LogP contribution is 2.24. The third-order valence-corrected chi connectivity index (χ3v) is 3.29. The van der Waals surface area contributed by atoms with Crippen molar-refractivity contribution in [3.8, 4) is 5.75 Å². The Morgan fingerprint density at radius 1 is 1.45 bits per heavy atom. The summed E-state index contributed by atoms with van der Waals surface area (Å²) in [7, 11) is 0. The number of nitrogens with zero attached hydrogens (tertiary/aromatic N) is 2. The minimum Gasteiger partial charge on any atom is -0.481 e. The van der Waals surface area contributed by atoms with Crippen molar-refractivity contribution in [3.63, 3.8) is 0 Å². The molecule has 1 heterocycles. The zero-order valence-electron chi connectivity index (χ0n) is 11.2. The zero-order valence-corrected chi connectivity index (χ0v) is 11.9. The molecule has 5 nitrogen and oxygen atoms in total. The number of halogens is 1. The van der Waals surface area contributed by atoms with Gasteiger partial charge >= 0.3 is 0 Å². The van der Waals surface area contributed by atoms with E-state index in [1.54, 1.807) is 12.1 Å². The molecule has 6 heteroatoms. The molecule has 3 rings (SSSR count).